The Kier molecular flexibility index (Phi) is 8.46. The van der Waals surface area contributed by atoms with Crippen molar-refractivity contribution in [2.45, 2.75) is 25.7 Å². The highest BCUT2D eigenvalue weighted by molar-refractivity contribution is 6.34. The minimum Gasteiger partial charge on any atom is -0.396 e. The molecule has 0 aromatic heterocycles. The summed E-state index contributed by atoms with van der Waals surface area (Å²) >= 11 is 0. The average molecular weight is 232 g/mol. The number of nitrogens with zero attached hydrogens (tertiary/aromatic N) is 1. The largest absolute Gasteiger partial charge is 0.396 e. The van der Waals surface area contributed by atoms with Crippen molar-refractivity contribution in [3.63, 3.8) is 0 Å². The van der Waals surface area contributed by atoms with Crippen LogP contribution in [0, 0.1) is 0 Å². The van der Waals surface area contributed by atoms with Crippen LogP contribution in [-0.2, 0) is 9.59 Å². The first kappa shape index (κ1) is 14.9. The number of carbonyl (C=O) groups excluding carboxylic acids is 2. The summed E-state index contributed by atoms with van der Waals surface area (Å²) in [5.74, 6) is -1.66. The van der Waals surface area contributed by atoms with Gasteiger partial charge in [-0.2, -0.15) is 0 Å². The van der Waals surface area contributed by atoms with E-state index in [4.69, 9.17) is 15.9 Å². The van der Waals surface area contributed by atoms with Gasteiger partial charge in [0, 0.05) is 26.3 Å². The first-order valence-corrected chi connectivity index (χ1v) is 5.44. The summed E-state index contributed by atoms with van der Waals surface area (Å²) in [7, 11) is 0. The van der Waals surface area contributed by atoms with Crippen LogP contribution in [0.3, 0.4) is 0 Å². The van der Waals surface area contributed by atoms with Crippen molar-refractivity contribution >= 4 is 11.8 Å². The number of nitrogens with two attached hydrogens (primary N) is 1. The fourth-order valence-electron chi connectivity index (χ4n) is 1.30. The molecule has 6 heteroatoms. The molecule has 0 aliphatic rings. The van der Waals surface area contributed by atoms with Crippen molar-refractivity contribution in [2.75, 3.05) is 26.3 Å². The van der Waals surface area contributed by atoms with Gasteiger partial charge in [0.05, 0.1) is 0 Å². The molecule has 94 valence electrons. The molecule has 0 aromatic rings. The van der Waals surface area contributed by atoms with Gasteiger partial charge in [0.1, 0.15) is 0 Å². The molecule has 0 saturated carbocycles. The molecule has 16 heavy (non-hydrogen) atoms. The third-order valence-electron chi connectivity index (χ3n) is 2.17. The molecular formula is C10H20N2O4. The second-order valence-electron chi connectivity index (χ2n) is 3.52. The Balaban J connectivity index is 4.05. The minimum absolute atomic E-state index is 0.0647. The third kappa shape index (κ3) is 6.36. The van der Waals surface area contributed by atoms with Crippen LogP contribution in [0.25, 0.3) is 0 Å². The number of hydrogen-bond acceptors (Lipinski definition) is 4. The van der Waals surface area contributed by atoms with Crippen LogP contribution in [-0.4, -0.2) is 53.2 Å². The van der Waals surface area contributed by atoms with E-state index in [0.29, 0.717) is 38.8 Å². The van der Waals surface area contributed by atoms with E-state index >= 15 is 0 Å². The number of unbranched alkanes of at least 4 members (excludes halogenated alkanes) is 2. The van der Waals surface area contributed by atoms with Crippen molar-refractivity contribution < 1.29 is 19.8 Å². The van der Waals surface area contributed by atoms with Crippen molar-refractivity contribution in [1.29, 1.82) is 0 Å². The van der Waals surface area contributed by atoms with Crippen LogP contribution >= 0.6 is 0 Å². The molecule has 0 radical (unpaired) electrons. The van der Waals surface area contributed by atoms with Crippen LogP contribution in [0.2, 0.25) is 0 Å². The lowest BCUT2D eigenvalue weighted by Gasteiger charge is -2.20. The molecule has 2 amide bonds. The smallest absolute Gasteiger partial charge is 0.311 e. The van der Waals surface area contributed by atoms with Gasteiger partial charge in [-0.1, -0.05) is 0 Å². The summed E-state index contributed by atoms with van der Waals surface area (Å²) < 4.78 is 0. The number of carbonyl (C=O) groups is 2. The van der Waals surface area contributed by atoms with Crippen molar-refractivity contribution in [3.8, 4) is 0 Å². The van der Waals surface area contributed by atoms with Gasteiger partial charge in [-0.3, -0.25) is 9.59 Å². The number of rotatable bonds is 8. The van der Waals surface area contributed by atoms with Crippen LogP contribution in [0.4, 0.5) is 0 Å². The summed E-state index contributed by atoms with van der Waals surface area (Å²) in [4.78, 5) is 23.5. The highest BCUT2D eigenvalue weighted by atomic mass is 16.3. The predicted molar refractivity (Wildman–Crippen MR) is 58.4 cm³/mol. The minimum atomic E-state index is -0.965. The van der Waals surface area contributed by atoms with E-state index in [-0.39, 0.29) is 13.2 Å². The fourth-order valence-corrected chi connectivity index (χ4v) is 1.30. The molecule has 0 unspecified atom stereocenters. The summed E-state index contributed by atoms with van der Waals surface area (Å²) in [6.45, 7) is 0.950. The Labute approximate surface area is 95.0 Å². The SMILES string of the molecule is NC(=O)C(=O)N(CCCCO)CCCCO. The lowest BCUT2D eigenvalue weighted by Crippen LogP contribution is -2.41. The standard InChI is InChI=1S/C10H20N2O4/c11-9(15)10(16)12(5-1-3-7-13)6-2-4-8-14/h13-14H,1-8H2,(H2,11,15). The Morgan fingerprint density at radius 3 is 1.69 bits per heavy atom. The summed E-state index contributed by atoms with van der Waals surface area (Å²) in [6.07, 6.45) is 2.44. The molecule has 0 saturated heterocycles. The van der Waals surface area contributed by atoms with Gasteiger partial charge in [0.2, 0.25) is 0 Å². The molecule has 0 spiro atoms. The van der Waals surface area contributed by atoms with Gasteiger partial charge in [-0.25, -0.2) is 0 Å². The summed E-state index contributed by atoms with van der Waals surface area (Å²) in [5.41, 5.74) is 4.92. The highest BCUT2D eigenvalue weighted by Gasteiger charge is 2.17. The zero-order chi connectivity index (χ0) is 12.4. The topological polar surface area (TPSA) is 104 Å². The number of aliphatic hydroxyl groups is 2. The molecule has 0 fully saturated rings. The van der Waals surface area contributed by atoms with E-state index in [9.17, 15) is 9.59 Å². The highest BCUT2D eigenvalue weighted by Crippen LogP contribution is 2.00. The number of hydrogen-bond donors (Lipinski definition) is 3. The quantitative estimate of drug-likeness (QED) is 0.363. The Morgan fingerprint density at radius 2 is 1.38 bits per heavy atom. The Morgan fingerprint density at radius 1 is 0.938 bits per heavy atom. The molecular weight excluding hydrogens is 212 g/mol. The summed E-state index contributed by atoms with van der Waals surface area (Å²) in [5, 5.41) is 17.2. The van der Waals surface area contributed by atoms with Gasteiger partial charge in [0.15, 0.2) is 0 Å². The van der Waals surface area contributed by atoms with E-state index in [2.05, 4.69) is 0 Å². The molecule has 4 N–H and O–H groups in total. The Hall–Kier alpha value is -1.14. The van der Waals surface area contributed by atoms with E-state index in [1.807, 2.05) is 0 Å². The second kappa shape index (κ2) is 9.11. The monoisotopic (exact) mass is 232 g/mol. The van der Waals surface area contributed by atoms with E-state index in [1.165, 1.54) is 4.90 Å². The van der Waals surface area contributed by atoms with Gasteiger partial charge in [-0.05, 0) is 25.7 Å². The maximum atomic E-state index is 11.4. The molecule has 0 aliphatic carbocycles. The van der Waals surface area contributed by atoms with E-state index < -0.39 is 11.8 Å². The van der Waals surface area contributed by atoms with Crippen LogP contribution in [0.15, 0.2) is 0 Å². The molecule has 0 atom stereocenters. The molecule has 0 bridgehead atoms. The normalized spacial score (nSPS) is 10.1. The van der Waals surface area contributed by atoms with Crippen LogP contribution in [0.5, 0.6) is 0 Å². The zero-order valence-corrected chi connectivity index (χ0v) is 9.39. The van der Waals surface area contributed by atoms with Gasteiger partial charge < -0.3 is 20.8 Å². The van der Waals surface area contributed by atoms with Crippen LogP contribution < -0.4 is 5.73 Å². The average Bonchev–Trinajstić information content (AvgIpc) is 2.26. The maximum Gasteiger partial charge on any atom is 0.311 e. The van der Waals surface area contributed by atoms with Gasteiger partial charge in [-0.15, -0.1) is 0 Å². The van der Waals surface area contributed by atoms with Crippen molar-refractivity contribution in [1.82, 2.24) is 4.90 Å². The lowest BCUT2D eigenvalue weighted by atomic mass is 10.2. The summed E-state index contributed by atoms with van der Waals surface area (Å²) in [6, 6.07) is 0. The first-order chi connectivity index (χ1) is 7.63. The number of amides is 2. The number of aliphatic hydroxyl groups excluding tert-OH is 2. The Bertz CT molecular complexity index is 211. The van der Waals surface area contributed by atoms with E-state index in [1.54, 1.807) is 0 Å². The van der Waals surface area contributed by atoms with Crippen molar-refractivity contribution in [3.05, 3.63) is 0 Å². The zero-order valence-electron chi connectivity index (χ0n) is 9.39. The fraction of sp³-hybridized carbons (Fsp3) is 0.800. The molecule has 0 aromatic carbocycles. The van der Waals surface area contributed by atoms with Crippen LogP contribution in [0.1, 0.15) is 25.7 Å². The molecule has 0 aliphatic heterocycles. The second-order valence-corrected chi connectivity index (χ2v) is 3.52. The van der Waals surface area contributed by atoms with Crippen molar-refractivity contribution in [2.24, 2.45) is 5.73 Å². The van der Waals surface area contributed by atoms with Gasteiger partial charge >= 0.3 is 11.8 Å². The predicted octanol–water partition coefficient (Wildman–Crippen LogP) is -1.15. The molecule has 0 heterocycles. The maximum absolute atomic E-state index is 11.4. The first-order valence-electron chi connectivity index (χ1n) is 5.44. The lowest BCUT2D eigenvalue weighted by molar-refractivity contribution is -0.144. The van der Waals surface area contributed by atoms with Gasteiger partial charge in [0.25, 0.3) is 0 Å². The third-order valence-corrected chi connectivity index (χ3v) is 2.17. The number of primary amides is 1. The molecule has 0 rings (SSSR count). The molecule has 6 nitrogen and oxygen atoms in total. The van der Waals surface area contributed by atoms with E-state index in [0.717, 1.165) is 0 Å².